The SMILES string of the molecule is Cc1ccc(SCCNC(=O)c2ccc3c(c2)OCC(=O)N3)cc1. The second-order valence-electron chi connectivity index (χ2n) is 5.47. The Morgan fingerprint density at radius 1 is 1.25 bits per heavy atom. The van der Waals surface area contributed by atoms with Gasteiger partial charge in [-0.05, 0) is 37.3 Å². The van der Waals surface area contributed by atoms with E-state index in [1.165, 1.54) is 10.5 Å². The normalized spacial score (nSPS) is 12.8. The number of hydrogen-bond acceptors (Lipinski definition) is 4. The molecule has 0 radical (unpaired) electrons. The van der Waals surface area contributed by atoms with E-state index in [4.69, 9.17) is 4.74 Å². The lowest BCUT2D eigenvalue weighted by atomic mass is 10.1. The molecule has 0 aromatic heterocycles. The predicted octanol–water partition coefficient (Wildman–Crippen LogP) is 2.85. The second kappa shape index (κ2) is 7.40. The number of fused-ring (bicyclic) bond motifs is 1. The Bertz CT molecular complexity index is 759. The molecule has 5 nitrogen and oxygen atoms in total. The van der Waals surface area contributed by atoms with Gasteiger partial charge in [-0.15, -0.1) is 11.8 Å². The van der Waals surface area contributed by atoms with Gasteiger partial charge in [0, 0.05) is 22.8 Å². The summed E-state index contributed by atoms with van der Waals surface area (Å²) < 4.78 is 5.32. The maximum absolute atomic E-state index is 12.2. The number of hydrogen-bond donors (Lipinski definition) is 2. The van der Waals surface area contributed by atoms with Crippen LogP contribution >= 0.6 is 11.8 Å². The summed E-state index contributed by atoms with van der Waals surface area (Å²) in [6.45, 7) is 2.61. The molecule has 0 saturated heterocycles. The Balaban J connectivity index is 1.50. The Labute approximate surface area is 144 Å². The van der Waals surface area contributed by atoms with E-state index in [0.717, 1.165) is 5.75 Å². The molecular weight excluding hydrogens is 324 g/mol. The van der Waals surface area contributed by atoms with Gasteiger partial charge in [0.15, 0.2) is 6.61 Å². The van der Waals surface area contributed by atoms with Crippen LogP contribution in [0.25, 0.3) is 0 Å². The van der Waals surface area contributed by atoms with E-state index in [2.05, 4.69) is 41.8 Å². The molecule has 2 amide bonds. The highest BCUT2D eigenvalue weighted by Crippen LogP contribution is 2.28. The number of carbonyl (C=O) groups is 2. The van der Waals surface area contributed by atoms with Gasteiger partial charge in [0.1, 0.15) is 5.75 Å². The molecule has 124 valence electrons. The van der Waals surface area contributed by atoms with Crippen LogP contribution in [-0.2, 0) is 4.79 Å². The zero-order valence-corrected chi connectivity index (χ0v) is 14.1. The molecule has 24 heavy (non-hydrogen) atoms. The van der Waals surface area contributed by atoms with Gasteiger partial charge in [0.2, 0.25) is 0 Å². The maximum Gasteiger partial charge on any atom is 0.262 e. The topological polar surface area (TPSA) is 67.4 Å². The number of ether oxygens (including phenoxy) is 1. The summed E-state index contributed by atoms with van der Waals surface area (Å²) in [5.41, 5.74) is 2.35. The van der Waals surface area contributed by atoms with Crippen molar-refractivity contribution in [1.29, 1.82) is 0 Å². The highest BCUT2D eigenvalue weighted by atomic mass is 32.2. The number of amides is 2. The van der Waals surface area contributed by atoms with Crippen LogP contribution in [0.3, 0.4) is 0 Å². The Kier molecular flexibility index (Phi) is 5.05. The fraction of sp³-hybridized carbons (Fsp3) is 0.222. The van der Waals surface area contributed by atoms with Gasteiger partial charge in [-0.1, -0.05) is 17.7 Å². The number of benzene rings is 2. The first-order chi connectivity index (χ1) is 11.6. The van der Waals surface area contributed by atoms with Crippen molar-refractivity contribution < 1.29 is 14.3 Å². The van der Waals surface area contributed by atoms with E-state index in [9.17, 15) is 9.59 Å². The molecule has 0 aliphatic carbocycles. The first-order valence-electron chi connectivity index (χ1n) is 7.66. The average molecular weight is 342 g/mol. The molecule has 1 aliphatic heterocycles. The lowest BCUT2D eigenvalue weighted by Crippen LogP contribution is -2.27. The molecule has 2 aromatic rings. The van der Waals surface area contributed by atoms with Gasteiger partial charge in [0.25, 0.3) is 11.8 Å². The third-order valence-corrected chi connectivity index (χ3v) is 4.57. The van der Waals surface area contributed by atoms with Gasteiger partial charge >= 0.3 is 0 Å². The molecule has 1 heterocycles. The Hall–Kier alpha value is -2.47. The average Bonchev–Trinajstić information content (AvgIpc) is 2.59. The lowest BCUT2D eigenvalue weighted by Gasteiger charge is -2.18. The predicted molar refractivity (Wildman–Crippen MR) is 94.8 cm³/mol. The van der Waals surface area contributed by atoms with Gasteiger partial charge < -0.3 is 15.4 Å². The summed E-state index contributed by atoms with van der Waals surface area (Å²) in [6, 6.07) is 13.3. The quantitative estimate of drug-likeness (QED) is 0.648. The monoisotopic (exact) mass is 342 g/mol. The van der Waals surface area contributed by atoms with E-state index in [1.807, 2.05) is 0 Å². The van der Waals surface area contributed by atoms with Crippen molar-refractivity contribution in [2.45, 2.75) is 11.8 Å². The van der Waals surface area contributed by atoms with Crippen LogP contribution in [0.5, 0.6) is 5.75 Å². The van der Waals surface area contributed by atoms with E-state index in [0.29, 0.717) is 23.5 Å². The molecular formula is C18H18N2O3S. The van der Waals surface area contributed by atoms with Crippen molar-refractivity contribution in [3.63, 3.8) is 0 Å². The van der Waals surface area contributed by atoms with Crippen LogP contribution in [0, 0.1) is 6.92 Å². The van der Waals surface area contributed by atoms with Crippen molar-refractivity contribution >= 4 is 29.3 Å². The molecule has 0 saturated carbocycles. The molecule has 3 rings (SSSR count). The van der Waals surface area contributed by atoms with E-state index in [-0.39, 0.29) is 18.4 Å². The third-order valence-electron chi connectivity index (χ3n) is 3.55. The van der Waals surface area contributed by atoms with E-state index < -0.39 is 0 Å². The molecule has 6 heteroatoms. The van der Waals surface area contributed by atoms with Crippen LogP contribution in [0.2, 0.25) is 0 Å². The van der Waals surface area contributed by atoms with Gasteiger partial charge in [0.05, 0.1) is 5.69 Å². The van der Waals surface area contributed by atoms with Gasteiger partial charge in [-0.3, -0.25) is 9.59 Å². The summed E-state index contributed by atoms with van der Waals surface area (Å²) in [6.07, 6.45) is 0. The minimum atomic E-state index is -0.187. The summed E-state index contributed by atoms with van der Waals surface area (Å²) in [5.74, 6) is 0.985. The number of rotatable bonds is 5. The molecule has 0 spiro atoms. The van der Waals surface area contributed by atoms with E-state index in [1.54, 1.807) is 30.0 Å². The third kappa shape index (κ3) is 4.08. The van der Waals surface area contributed by atoms with Crippen molar-refractivity contribution in [2.75, 3.05) is 24.2 Å². The minimum absolute atomic E-state index is 0.0226. The smallest absolute Gasteiger partial charge is 0.262 e. The molecule has 0 fully saturated rings. The van der Waals surface area contributed by atoms with Gasteiger partial charge in [-0.2, -0.15) is 0 Å². The molecule has 0 atom stereocenters. The first kappa shape index (κ1) is 16.4. The molecule has 0 bridgehead atoms. The standard InChI is InChI=1S/C18H18N2O3S/c1-12-2-5-14(6-3-12)24-9-8-19-18(22)13-4-7-15-16(10-13)23-11-17(21)20-15/h2-7,10H,8-9,11H2,1H3,(H,19,22)(H,20,21). The van der Waals surface area contributed by atoms with Crippen LogP contribution < -0.4 is 15.4 Å². The zero-order valence-electron chi connectivity index (χ0n) is 13.3. The number of anilines is 1. The Morgan fingerprint density at radius 2 is 2.04 bits per heavy atom. The largest absolute Gasteiger partial charge is 0.482 e. The van der Waals surface area contributed by atoms with Crippen molar-refractivity contribution in [1.82, 2.24) is 5.32 Å². The van der Waals surface area contributed by atoms with Crippen molar-refractivity contribution in [2.24, 2.45) is 0 Å². The van der Waals surface area contributed by atoms with Crippen LogP contribution in [0.1, 0.15) is 15.9 Å². The highest BCUT2D eigenvalue weighted by molar-refractivity contribution is 7.99. The fourth-order valence-electron chi connectivity index (χ4n) is 2.29. The summed E-state index contributed by atoms with van der Waals surface area (Å²) in [7, 11) is 0. The van der Waals surface area contributed by atoms with Crippen molar-refractivity contribution in [3.8, 4) is 5.75 Å². The highest BCUT2D eigenvalue weighted by Gasteiger charge is 2.17. The number of carbonyl (C=O) groups excluding carboxylic acids is 2. The first-order valence-corrected chi connectivity index (χ1v) is 8.65. The van der Waals surface area contributed by atoms with Crippen LogP contribution in [0.4, 0.5) is 5.69 Å². The van der Waals surface area contributed by atoms with Gasteiger partial charge in [-0.25, -0.2) is 0 Å². The summed E-state index contributed by atoms with van der Waals surface area (Å²) in [5, 5.41) is 5.59. The van der Waals surface area contributed by atoms with Crippen LogP contribution in [-0.4, -0.2) is 30.7 Å². The zero-order chi connectivity index (χ0) is 16.9. The minimum Gasteiger partial charge on any atom is -0.482 e. The molecule has 2 aromatic carbocycles. The number of aryl methyl sites for hydroxylation is 1. The second-order valence-corrected chi connectivity index (χ2v) is 6.63. The summed E-state index contributed by atoms with van der Waals surface area (Å²) in [4.78, 5) is 24.6. The van der Waals surface area contributed by atoms with Crippen molar-refractivity contribution in [3.05, 3.63) is 53.6 Å². The molecule has 0 unspecified atom stereocenters. The van der Waals surface area contributed by atoms with E-state index >= 15 is 0 Å². The Morgan fingerprint density at radius 3 is 2.83 bits per heavy atom. The number of nitrogens with one attached hydrogen (secondary N) is 2. The lowest BCUT2D eigenvalue weighted by molar-refractivity contribution is -0.118. The molecule has 1 aliphatic rings. The molecule has 2 N–H and O–H groups in total. The van der Waals surface area contributed by atoms with Crippen LogP contribution in [0.15, 0.2) is 47.4 Å². The maximum atomic E-state index is 12.2. The fourth-order valence-corrected chi connectivity index (χ4v) is 3.05. The summed E-state index contributed by atoms with van der Waals surface area (Å²) >= 11 is 1.70. The number of thioether (sulfide) groups is 1.